The quantitative estimate of drug-likeness (QED) is 0.419. The van der Waals surface area contributed by atoms with Crippen LogP contribution in [0.4, 0.5) is 0 Å². The summed E-state index contributed by atoms with van der Waals surface area (Å²) in [5, 5.41) is 0.189. The summed E-state index contributed by atoms with van der Waals surface area (Å²) in [5.41, 5.74) is 0. The van der Waals surface area contributed by atoms with Crippen LogP contribution in [0.15, 0.2) is 0 Å². The van der Waals surface area contributed by atoms with Crippen molar-refractivity contribution in [2.24, 2.45) is 0 Å². The van der Waals surface area contributed by atoms with Crippen LogP contribution in [-0.2, 0) is 9.53 Å². The first-order valence-corrected chi connectivity index (χ1v) is 6.33. The van der Waals surface area contributed by atoms with E-state index in [1.165, 1.54) is 0 Å². The average Bonchev–Trinajstić information content (AvgIpc) is 2.15. The number of unbranched alkanes of at least 4 members (excludes halogenated alkanes) is 1. The van der Waals surface area contributed by atoms with E-state index < -0.39 is 9.76 Å². The number of alkyl halides is 4. The fourth-order valence-corrected chi connectivity index (χ4v) is 1.24. The van der Waals surface area contributed by atoms with E-state index in [1.54, 1.807) is 0 Å². The van der Waals surface area contributed by atoms with Gasteiger partial charge in [0, 0.05) is 5.38 Å². The van der Waals surface area contributed by atoms with Crippen molar-refractivity contribution >= 4 is 52.4 Å². The van der Waals surface area contributed by atoms with Crippen molar-refractivity contribution in [1.82, 2.24) is 0 Å². The summed E-state index contributed by atoms with van der Waals surface area (Å²) in [6.07, 6.45) is 3.48. The van der Waals surface area contributed by atoms with Crippen LogP contribution >= 0.6 is 46.4 Å². The normalized spacial score (nSPS) is 13.7. The molecule has 1 atom stereocenters. The minimum absolute atomic E-state index is 0.189. The van der Waals surface area contributed by atoms with E-state index in [4.69, 9.17) is 51.1 Å². The van der Waals surface area contributed by atoms with E-state index in [9.17, 15) is 4.79 Å². The Bertz CT molecular complexity index is 191. The van der Waals surface area contributed by atoms with Crippen molar-refractivity contribution in [3.8, 4) is 0 Å². The number of hydrogen-bond donors (Lipinski definition) is 0. The first kappa shape index (κ1) is 15.6. The smallest absolute Gasteiger partial charge is 0.358 e. The van der Waals surface area contributed by atoms with Gasteiger partial charge >= 0.3 is 5.97 Å². The zero-order chi connectivity index (χ0) is 11.9. The van der Waals surface area contributed by atoms with Gasteiger partial charge in [-0.3, -0.25) is 0 Å². The van der Waals surface area contributed by atoms with E-state index >= 15 is 0 Å². The van der Waals surface area contributed by atoms with Gasteiger partial charge in [-0.05, 0) is 25.7 Å². The fourth-order valence-electron chi connectivity index (χ4n) is 0.919. The Hall–Kier alpha value is 0.630. The molecule has 0 heterocycles. The minimum Gasteiger partial charge on any atom is -0.463 e. The third-order valence-electron chi connectivity index (χ3n) is 1.82. The SMILES string of the molecule is CCC(Cl)CCCCOC(=O)C(Cl)(Cl)Cl. The Morgan fingerprint density at radius 3 is 2.40 bits per heavy atom. The van der Waals surface area contributed by atoms with E-state index in [1.807, 2.05) is 6.92 Å². The molecule has 1 unspecified atom stereocenters. The maximum absolute atomic E-state index is 11.0. The van der Waals surface area contributed by atoms with Crippen molar-refractivity contribution in [2.45, 2.75) is 41.8 Å². The van der Waals surface area contributed by atoms with Crippen LogP contribution in [-0.4, -0.2) is 21.7 Å². The summed E-state index contributed by atoms with van der Waals surface area (Å²) in [6.45, 7) is 2.29. The molecule has 2 nitrogen and oxygen atoms in total. The third-order valence-corrected chi connectivity index (χ3v) is 2.81. The lowest BCUT2D eigenvalue weighted by atomic mass is 10.1. The highest BCUT2D eigenvalue weighted by Crippen LogP contribution is 2.27. The number of esters is 1. The molecule has 0 aromatic rings. The van der Waals surface area contributed by atoms with E-state index in [2.05, 4.69) is 0 Å². The second kappa shape index (κ2) is 7.83. The van der Waals surface area contributed by atoms with Crippen LogP contribution in [0, 0.1) is 0 Å². The first-order chi connectivity index (χ1) is 6.88. The Labute approximate surface area is 110 Å². The molecular formula is C9H14Cl4O2. The highest BCUT2D eigenvalue weighted by molar-refractivity contribution is 6.75. The number of carbonyl (C=O) groups is 1. The molecule has 0 saturated heterocycles. The predicted molar refractivity (Wildman–Crippen MR) is 65.0 cm³/mol. The lowest BCUT2D eigenvalue weighted by Gasteiger charge is -2.10. The summed E-state index contributed by atoms with van der Waals surface area (Å²) < 4.78 is 2.77. The van der Waals surface area contributed by atoms with Crippen molar-refractivity contribution in [1.29, 1.82) is 0 Å². The molecule has 0 fully saturated rings. The van der Waals surface area contributed by atoms with Crippen LogP contribution in [0.3, 0.4) is 0 Å². The molecule has 0 radical (unpaired) electrons. The summed E-state index contributed by atoms with van der Waals surface area (Å²) in [7, 11) is 0. The summed E-state index contributed by atoms with van der Waals surface area (Å²) in [4.78, 5) is 11.0. The molecule has 0 bridgehead atoms. The molecule has 0 aromatic heterocycles. The zero-order valence-electron chi connectivity index (χ0n) is 8.44. The molecule has 6 heteroatoms. The van der Waals surface area contributed by atoms with Crippen molar-refractivity contribution in [2.75, 3.05) is 6.61 Å². The summed E-state index contributed by atoms with van der Waals surface area (Å²) in [6, 6.07) is 0. The van der Waals surface area contributed by atoms with Crippen LogP contribution in [0.2, 0.25) is 0 Å². The monoisotopic (exact) mass is 294 g/mol. The van der Waals surface area contributed by atoms with Crippen molar-refractivity contribution in [3.63, 3.8) is 0 Å². The number of halogens is 4. The Morgan fingerprint density at radius 2 is 1.93 bits per heavy atom. The minimum atomic E-state index is -1.97. The second-order valence-electron chi connectivity index (χ2n) is 3.13. The topological polar surface area (TPSA) is 26.3 Å². The van der Waals surface area contributed by atoms with Crippen molar-refractivity contribution < 1.29 is 9.53 Å². The molecule has 0 aliphatic heterocycles. The van der Waals surface area contributed by atoms with Gasteiger partial charge in [0.05, 0.1) is 6.61 Å². The van der Waals surface area contributed by atoms with Crippen LogP contribution < -0.4 is 0 Å². The van der Waals surface area contributed by atoms with Gasteiger partial charge in [-0.1, -0.05) is 41.7 Å². The van der Waals surface area contributed by atoms with Gasteiger partial charge in [0.15, 0.2) is 0 Å². The Balaban J connectivity index is 3.44. The molecule has 0 aliphatic carbocycles. The maximum atomic E-state index is 11.0. The highest BCUT2D eigenvalue weighted by Gasteiger charge is 2.32. The first-order valence-electron chi connectivity index (χ1n) is 4.76. The van der Waals surface area contributed by atoms with Gasteiger partial charge in [0.2, 0.25) is 0 Å². The van der Waals surface area contributed by atoms with E-state index in [0.717, 1.165) is 25.7 Å². The maximum Gasteiger partial charge on any atom is 0.358 e. The lowest BCUT2D eigenvalue weighted by molar-refractivity contribution is -0.142. The van der Waals surface area contributed by atoms with E-state index in [-0.39, 0.29) is 12.0 Å². The third kappa shape index (κ3) is 8.44. The van der Waals surface area contributed by atoms with E-state index in [0.29, 0.717) is 0 Å². The van der Waals surface area contributed by atoms with Gasteiger partial charge in [0.25, 0.3) is 3.79 Å². The molecule has 0 aliphatic rings. The van der Waals surface area contributed by atoms with Crippen LogP contribution in [0.1, 0.15) is 32.6 Å². The molecular weight excluding hydrogens is 282 g/mol. The van der Waals surface area contributed by atoms with Gasteiger partial charge in [-0.25, -0.2) is 4.79 Å². The molecule has 0 saturated carbocycles. The Morgan fingerprint density at radius 1 is 1.33 bits per heavy atom. The standard InChI is InChI=1S/C9H14Cl4O2/c1-2-7(10)5-3-4-6-15-8(14)9(11,12)13/h7H,2-6H2,1H3. The van der Waals surface area contributed by atoms with Gasteiger partial charge in [-0.15, -0.1) is 11.6 Å². The molecule has 0 spiro atoms. The highest BCUT2D eigenvalue weighted by atomic mass is 35.6. The summed E-state index contributed by atoms with van der Waals surface area (Å²) in [5.74, 6) is -0.828. The fraction of sp³-hybridized carbons (Fsp3) is 0.889. The molecule has 0 amide bonds. The van der Waals surface area contributed by atoms with Crippen molar-refractivity contribution in [3.05, 3.63) is 0 Å². The molecule has 0 rings (SSSR count). The number of rotatable bonds is 6. The summed E-state index contributed by atoms with van der Waals surface area (Å²) >= 11 is 21.8. The molecule has 0 aromatic carbocycles. The zero-order valence-corrected chi connectivity index (χ0v) is 11.5. The second-order valence-corrected chi connectivity index (χ2v) is 6.03. The van der Waals surface area contributed by atoms with Gasteiger partial charge in [0.1, 0.15) is 0 Å². The lowest BCUT2D eigenvalue weighted by Crippen LogP contribution is -2.22. The number of carbonyl (C=O) groups excluding carboxylic acids is 1. The molecule has 90 valence electrons. The van der Waals surface area contributed by atoms with Crippen LogP contribution in [0.25, 0.3) is 0 Å². The van der Waals surface area contributed by atoms with Crippen LogP contribution in [0.5, 0.6) is 0 Å². The largest absolute Gasteiger partial charge is 0.463 e. The molecule has 15 heavy (non-hydrogen) atoms. The predicted octanol–water partition coefficient (Wildman–Crippen LogP) is 4.09. The number of ether oxygens (including phenoxy) is 1. The van der Waals surface area contributed by atoms with Gasteiger partial charge in [-0.2, -0.15) is 0 Å². The Kier molecular flexibility index (Phi) is 8.16. The molecule has 0 N–H and O–H groups in total. The number of hydrogen-bond acceptors (Lipinski definition) is 2. The van der Waals surface area contributed by atoms with Gasteiger partial charge < -0.3 is 4.74 Å². The average molecular weight is 296 g/mol.